The van der Waals surface area contributed by atoms with Crippen molar-refractivity contribution in [1.29, 1.82) is 0 Å². The Balaban J connectivity index is 1.82. The molecule has 0 spiro atoms. The van der Waals surface area contributed by atoms with E-state index in [-0.39, 0.29) is 0 Å². The van der Waals surface area contributed by atoms with Gasteiger partial charge in [0, 0.05) is 30.9 Å². The first-order chi connectivity index (χ1) is 10.1. The smallest absolute Gasteiger partial charge is 0.129 e. The highest BCUT2D eigenvalue weighted by atomic mass is 15.2. The maximum Gasteiger partial charge on any atom is 0.129 e. The second-order valence-electron chi connectivity index (χ2n) is 7.11. The topological polar surface area (TPSA) is 28.2 Å². The van der Waals surface area contributed by atoms with Crippen LogP contribution in [0.3, 0.4) is 0 Å². The zero-order valence-electron chi connectivity index (χ0n) is 13.7. The van der Waals surface area contributed by atoms with Crippen LogP contribution in [0.15, 0.2) is 12.1 Å². The summed E-state index contributed by atoms with van der Waals surface area (Å²) in [5.41, 5.74) is 2.63. The van der Waals surface area contributed by atoms with Crippen LogP contribution >= 0.6 is 0 Å². The zero-order chi connectivity index (χ0) is 14.8. The average Bonchev–Trinajstić information content (AvgIpc) is 3.29. The van der Waals surface area contributed by atoms with E-state index in [0.717, 1.165) is 19.1 Å². The normalized spacial score (nSPS) is 22.9. The number of rotatable bonds is 5. The maximum absolute atomic E-state index is 4.95. The Kier molecular flexibility index (Phi) is 4.48. The van der Waals surface area contributed by atoms with E-state index in [1.807, 2.05) is 0 Å². The number of hydrogen-bond donors (Lipinski definition) is 1. The van der Waals surface area contributed by atoms with Gasteiger partial charge < -0.3 is 10.2 Å². The van der Waals surface area contributed by atoms with Crippen LogP contribution in [0.2, 0.25) is 0 Å². The molecule has 21 heavy (non-hydrogen) atoms. The van der Waals surface area contributed by atoms with E-state index >= 15 is 0 Å². The minimum absolute atomic E-state index is 0.490. The largest absolute Gasteiger partial charge is 0.354 e. The first-order valence-electron chi connectivity index (χ1n) is 8.64. The van der Waals surface area contributed by atoms with Gasteiger partial charge in [0.15, 0.2) is 0 Å². The predicted octanol–water partition coefficient (Wildman–Crippen LogP) is 3.84. The maximum atomic E-state index is 4.95. The highest BCUT2D eigenvalue weighted by Crippen LogP contribution is 2.27. The Bertz CT molecular complexity index is 479. The molecular weight excluding hydrogens is 258 g/mol. The van der Waals surface area contributed by atoms with Crippen LogP contribution in [0.5, 0.6) is 0 Å². The van der Waals surface area contributed by atoms with Gasteiger partial charge >= 0.3 is 0 Å². The summed E-state index contributed by atoms with van der Waals surface area (Å²) in [5.74, 6) is 1.69. The Hall–Kier alpha value is -1.09. The zero-order valence-corrected chi connectivity index (χ0v) is 13.7. The fraction of sp³-hybridized carbons (Fsp3) is 0.722. The van der Waals surface area contributed by atoms with Crippen molar-refractivity contribution in [3.63, 3.8) is 0 Å². The quantitative estimate of drug-likeness (QED) is 0.892. The van der Waals surface area contributed by atoms with Crippen molar-refractivity contribution in [2.45, 2.75) is 77.4 Å². The minimum Gasteiger partial charge on any atom is -0.354 e. The summed E-state index contributed by atoms with van der Waals surface area (Å²) in [7, 11) is 0. The second-order valence-corrected chi connectivity index (χ2v) is 7.11. The summed E-state index contributed by atoms with van der Waals surface area (Å²) in [4.78, 5) is 7.46. The van der Waals surface area contributed by atoms with Crippen molar-refractivity contribution >= 4 is 5.82 Å². The highest BCUT2D eigenvalue weighted by Gasteiger charge is 2.22. The van der Waals surface area contributed by atoms with Gasteiger partial charge in [-0.2, -0.15) is 0 Å². The molecule has 0 amide bonds. The molecule has 1 saturated carbocycles. The van der Waals surface area contributed by atoms with Crippen LogP contribution in [0.25, 0.3) is 0 Å². The third kappa shape index (κ3) is 3.76. The molecule has 1 aliphatic carbocycles. The molecule has 1 aromatic heterocycles. The Morgan fingerprint density at radius 3 is 2.71 bits per heavy atom. The van der Waals surface area contributed by atoms with Gasteiger partial charge in [0.2, 0.25) is 0 Å². The van der Waals surface area contributed by atoms with Gasteiger partial charge in [-0.25, -0.2) is 4.98 Å². The molecule has 0 bridgehead atoms. The van der Waals surface area contributed by atoms with Crippen molar-refractivity contribution in [3.8, 4) is 0 Å². The van der Waals surface area contributed by atoms with Crippen LogP contribution in [-0.4, -0.2) is 23.6 Å². The number of aromatic nitrogens is 1. The van der Waals surface area contributed by atoms with Crippen molar-refractivity contribution in [2.24, 2.45) is 0 Å². The molecule has 1 N–H and O–H groups in total. The molecule has 1 unspecified atom stereocenters. The standard InChI is InChI=1S/C18H29N3/c1-13(2)17-10-15(12-19-16-7-8-16)11-18(20-17)21-9-5-4-6-14(21)3/h10-11,13-14,16,19H,4-9,12H2,1-3H3. The van der Waals surface area contributed by atoms with Crippen molar-refractivity contribution in [2.75, 3.05) is 11.4 Å². The summed E-state index contributed by atoms with van der Waals surface area (Å²) in [6.07, 6.45) is 6.64. The van der Waals surface area contributed by atoms with Gasteiger partial charge in [-0.15, -0.1) is 0 Å². The van der Waals surface area contributed by atoms with Gasteiger partial charge in [0.05, 0.1) is 0 Å². The number of nitrogens with one attached hydrogen (secondary N) is 1. The minimum atomic E-state index is 0.490. The monoisotopic (exact) mass is 287 g/mol. The van der Waals surface area contributed by atoms with E-state index in [0.29, 0.717) is 12.0 Å². The molecule has 2 fully saturated rings. The molecule has 3 rings (SSSR count). The van der Waals surface area contributed by atoms with Crippen molar-refractivity contribution in [3.05, 3.63) is 23.4 Å². The molecule has 3 heteroatoms. The summed E-state index contributed by atoms with van der Waals surface area (Å²) in [6, 6.07) is 5.98. The van der Waals surface area contributed by atoms with Gasteiger partial charge in [0.1, 0.15) is 5.82 Å². The third-order valence-electron chi connectivity index (χ3n) is 4.75. The lowest BCUT2D eigenvalue weighted by molar-refractivity contribution is 0.480. The summed E-state index contributed by atoms with van der Waals surface area (Å²) >= 11 is 0. The van der Waals surface area contributed by atoms with Gasteiger partial charge in [0.25, 0.3) is 0 Å². The number of nitrogens with zero attached hydrogens (tertiary/aromatic N) is 2. The lowest BCUT2D eigenvalue weighted by Crippen LogP contribution is -2.38. The molecule has 1 saturated heterocycles. The van der Waals surface area contributed by atoms with E-state index in [1.165, 1.54) is 49.2 Å². The van der Waals surface area contributed by atoms with E-state index < -0.39 is 0 Å². The van der Waals surface area contributed by atoms with E-state index in [2.05, 4.69) is 43.1 Å². The molecule has 2 heterocycles. The molecule has 116 valence electrons. The molecule has 1 aliphatic heterocycles. The second kappa shape index (κ2) is 6.35. The number of pyridine rings is 1. The molecular formula is C18H29N3. The molecule has 0 radical (unpaired) electrons. The molecule has 1 aromatic rings. The van der Waals surface area contributed by atoms with E-state index in [4.69, 9.17) is 4.98 Å². The van der Waals surface area contributed by atoms with Gasteiger partial charge in [-0.3, -0.25) is 0 Å². The van der Waals surface area contributed by atoms with Crippen LogP contribution in [0.4, 0.5) is 5.82 Å². The van der Waals surface area contributed by atoms with E-state index in [9.17, 15) is 0 Å². The van der Waals surface area contributed by atoms with Crippen LogP contribution in [0, 0.1) is 0 Å². The molecule has 3 nitrogen and oxygen atoms in total. The lowest BCUT2D eigenvalue weighted by atomic mass is 10.0. The van der Waals surface area contributed by atoms with Gasteiger partial charge in [-0.05, 0) is 62.6 Å². The fourth-order valence-electron chi connectivity index (χ4n) is 3.13. The van der Waals surface area contributed by atoms with Gasteiger partial charge in [-0.1, -0.05) is 13.8 Å². The van der Waals surface area contributed by atoms with Crippen LogP contribution in [-0.2, 0) is 6.54 Å². The highest BCUT2D eigenvalue weighted by molar-refractivity contribution is 5.44. The molecule has 1 atom stereocenters. The number of hydrogen-bond acceptors (Lipinski definition) is 3. The molecule has 2 aliphatic rings. The Morgan fingerprint density at radius 2 is 2.05 bits per heavy atom. The summed E-state index contributed by atoms with van der Waals surface area (Å²) in [5, 5.41) is 3.63. The first kappa shape index (κ1) is 14.8. The van der Waals surface area contributed by atoms with E-state index in [1.54, 1.807) is 0 Å². The summed E-state index contributed by atoms with van der Waals surface area (Å²) < 4.78 is 0. The Labute approximate surface area is 129 Å². The van der Waals surface area contributed by atoms with Crippen molar-refractivity contribution in [1.82, 2.24) is 10.3 Å². The summed E-state index contributed by atoms with van der Waals surface area (Å²) in [6.45, 7) is 8.96. The average molecular weight is 287 g/mol. The van der Waals surface area contributed by atoms with Crippen LogP contribution in [0.1, 0.15) is 70.1 Å². The SMILES string of the molecule is CC(C)c1cc(CNC2CC2)cc(N2CCCCC2C)n1. The molecule has 0 aromatic carbocycles. The van der Waals surface area contributed by atoms with Crippen molar-refractivity contribution < 1.29 is 0 Å². The third-order valence-corrected chi connectivity index (χ3v) is 4.75. The Morgan fingerprint density at radius 1 is 1.24 bits per heavy atom. The number of anilines is 1. The van der Waals surface area contributed by atoms with Crippen LogP contribution < -0.4 is 10.2 Å². The lowest BCUT2D eigenvalue weighted by Gasteiger charge is -2.35. The number of piperidine rings is 1. The first-order valence-corrected chi connectivity index (χ1v) is 8.64. The fourth-order valence-corrected chi connectivity index (χ4v) is 3.13. The predicted molar refractivity (Wildman–Crippen MR) is 88.8 cm³/mol.